The maximum Gasteiger partial charge on any atom is 0.269 e. The van der Waals surface area contributed by atoms with Crippen molar-refractivity contribution < 1.29 is 4.79 Å². The zero-order chi connectivity index (χ0) is 16.5. The van der Waals surface area contributed by atoms with Crippen molar-refractivity contribution in [3.8, 4) is 11.3 Å². The highest BCUT2D eigenvalue weighted by atomic mass is 16.2. The highest BCUT2D eigenvalue weighted by Gasteiger charge is 2.24. The highest BCUT2D eigenvalue weighted by Crippen LogP contribution is 2.22. The third-order valence-corrected chi connectivity index (χ3v) is 4.48. The number of pyridine rings is 1. The van der Waals surface area contributed by atoms with E-state index < -0.39 is 0 Å². The molecule has 1 aliphatic rings. The van der Waals surface area contributed by atoms with Crippen LogP contribution in [0.25, 0.3) is 11.3 Å². The van der Waals surface area contributed by atoms with Crippen molar-refractivity contribution in [2.24, 2.45) is 0 Å². The molecule has 1 aliphatic carbocycles. The summed E-state index contributed by atoms with van der Waals surface area (Å²) in [7, 11) is 0. The molecule has 0 fully saturated rings. The van der Waals surface area contributed by atoms with Gasteiger partial charge in [0, 0.05) is 36.1 Å². The van der Waals surface area contributed by atoms with Crippen molar-refractivity contribution in [1.82, 2.24) is 30.7 Å². The summed E-state index contributed by atoms with van der Waals surface area (Å²) < 4.78 is 0. The third kappa shape index (κ3) is 2.68. The van der Waals surface area contributed by atoms with Gasteiger partial charge >= 0.3 is 0 Å². The van der Waals surface area contributed by atoms with E-state index in [1.807, 2.05) is 19.1 Å². The number of carbonyl (C=O) groups excluding carboxylic acids is 1. The van der Waals surface area contributed by atoms with Crippen LogP contribution in [0.1, 0.15) is 33.9 Å². The first-order chi connectivity index (χ1) is 11.7. The van der Waals surface area contributed by atoms with Crippen molar-refractivity contribution in [3.63, 3.8) is 0 Å². The van der Waals surface area contributed by atoms with Gasteiger partial charge in [-0.15, -0.1) is 0 Å². The Morgan fingerprint density at radius 3 is 2.92 bits per heavy atom. The predicted molar refractivity (Wildman–Crippen MR) is 88.4 cm³/mol. The minimum atomic E-state index is -0.136. The first-order valence-corrected chi connectivity index (χ1v) is 8.00. The molecule has 7 heteroatoms. The van der Waals surface area contributed by atoms with Crippen LogP contribution in [0.15, 0.2) is 30.6 Å². The zero-order valence-electron chi connectivity index (χ0n) is 13.3. The number of hydrogen-bond donors (Lipinski definition) is 3. The molecular formula is C17H18N6O. The molecular weight excluding hydrogens is 304 g/mol. The van der Waals surface area contributed by atoms with E-state index in [2.05, 4.69) is 30.7 Å². The zero-order valence-corrected chi connectivity index (χ0v) is 13.3. The van der Waals surface area contributed by atoms with Gasteiger partial charge in [0.1, 0.15) is 5.69 Å². The Morgan fingerprint density at radius 2 is 2.08 bits per heavy atom. The molecule has 0 saturated carbocycles. The number of hydrogen-bond acceptors (Lipinski definition) is 4. The molecule has 3 aromatic rings. The third-order valence-electron chi connectivity index (χ3n) is 4.48. The van der Waals surface area contributed by atoms with Crippen molar-refractivity contribution in [3.05, 3.63) is 53.2 Å². The van der Waals surface area contributed by atoms with Gasteiger partial charge in [-0.05, 0) is 43.5 Å². The van der Waals surface area contributed by atoms with Crippen LogP contribution >= 0.6 is 0 Å². The summed E-state index contributed by atoms with van der Waals surface area (Å²) >= 11 is 0. The minimum absolute atomic E-state index is 0.0976. The van der Waals surface area contributed by atoms with Crippen LogP contribution in [0.3, 0.4) is 0 Å². The summed E-state index contributed by atoms with van der Waals surface area (Å²) in [5.74, 6) is -0.136. The highest BCUT2D eigenvalue weighted by molar-refractivity contribution is 5.93. The molecule has 3 aromatic heterocycles. The summed E-state index contributed by atoms with van der Waals surface area (Å²) in [5.41, 5.74) is 5.61. The predicted octanol–water partition coefficient (Wildman–Crippen LogP) is 1.79. The Labute approximate surface area is 138 Å². The molecule has 3 heterocycles. The number of nitrogens with zero attached hydrogens (tertiary/aromatic N) is 3. The lowest BCUT2D eigenvalue weighted by Gasteiger charge is -2.22. The second-order valence-electron chi connectivity index (χ2n) is 6.09. The monoisotopic (exact) mass is 322 g/mol. The van der Waals surface area contributed by atoms with Crippen LogP contribution in [0.2, 0.25) is 0 Å². The van der Waals surface area contributed by atoms with Gasteiger partial charge < -0.3 is 5.32 Å². The number of fused-ring (bicyclic) bond motifs is 1. The minimum Gasteiger partial charge on any atom is -0.348 e. The van der Waals surface area contributed by atoms with Crippen LogP contribution in [0.5, 0.6) is 0 Å². The van der Waals surface area contributed by atoms with Gasteiger partial charge in [0.25, 0.3) is 5.91 Å². The maximum absolute atomic E-state index is 12.5. The number of amides is 1. The smallest absolute Gasteiger partial charge is 0.269 e. The molecule has 0 saturated heterocycles. The number of aromatic amines is 2. The van der Waals surface area contributed by atoms with E-state index in [1.165, 1.54) is 5.56 Å². The number of H-pyrrole nitrogens is 2. The van der Waals surface area contributed by atoms with E-state index in [4.69, 9.17) is 0 Å². The molecule has 1 atom stereocenters. The fourth-order valence-electron chi connectivity index (χ4n) is 3.15. The number of rotatable bonds is 3. The molecule has 1 amide bonds. The SMILES string of the molecule is Cc1[nH]nc2c1CCC(NC(=O)c1cc(-c3ccncc3)n[nH]1)C2. The maximum atomic E-state index is 12.5. The van der Waals surface area contributed by atoms with Crippen LogP contribution in [-0.4, -0.2) is 37.3 Å². The molecule has 1 unspecified atom stereocenters. The number of nitrogens with one attached hydrogen (secondary N) is 3. The quantitative estimate of drug-likeness (QED) is 0.684. The largest absolute Gasteiger partial charge is 0.348 e. The standard InChI is InChI=1S/C17H18N6O/c1-10-13-3-2-12(8-15(13)22-20-10)19-17(24)16-9-14(21-23-16)11-4-6-18-7-5-11/h4-7,9,12H,2-3,8H2,1H3,(H,19,24)(H,20,22)(H,21,23). The van der Waals surface area contributed by atoms with Crippen LogP contribution < -0.4 is 5.32 Å². The molecule has 4 rings (SSSR count). The van der Waals surface area contributed by atoms with Gasteiger partial charge in [0.15, 0.2) is 0 Å². The summed E-state index contributed by atoms with van der Waals surface area (Å²) in [4.78, 5) is 16.4. The van der Waals surface area contributed by atoms with Gasteiger partial charge in [0.2, 0.25) is 0 Å². The summed E-state index contributed by atoms with van der Waals surface area (Å²) in [5, 5.41) is 17.4. The van der Waals surface area contributed by atoms with Crippen LogP contribution in [-0.2, 0) is 12.8 Å². The molecule has 0 aromatic carbocycles. The van der Waals surface area contributed by atoms with E-state index in [0.29, 0.717) is 5.69 Å². The second kappa shape index (κ2) is 5.92. The van der Waals surface area contributed by atoms with Gasteiger partial charge in [0.05, 0.1) is 11.4 Å². The van der Waals surface area contributed by atoms with Gasteiger partial charge in [-0.2, -0.15) is 10.2 Å². The fraction of sp³-hybridized carbons (Fsp3) is 0.294. The van der Waals surface area contributed by atoms with E-state index in [9.17, 15) is 4.79 Å². The lowest BCUT2D eigenvalue weighted by Crippen LogP contribution is -2.39. The summed E-state index contributed by atoms with van der Waals surface area (Å²) in [6, 6.07) is 5.58. The van der Waals surface area contributed by atoms with Gasteiger partial charge in [-0.3, -0.25) is 20.0 Å². The number of aromatic nitrogens is 5. The fourth-order valence-corrected chi connectivity index (χ4v) is 3.15. The van der Waals surface area contributed by atoms with E-state index in [-0.39, 0.29) is 11.9 Å². The van der Waals surface area contributed by atoms with Crippen molar-refractivity contribution >= 4 is 5.91 Å². The van der Waals surface area contributed by atoms with Crippen molar-refractivity contribution in [2.45, 2.75) is 32.2 Å². The lowest BCUT2D eigenvalue weighted by molar-refractivity contribution is 0.0928. The average Bonchev–Trinajstić information content (AvgIpc) is 3.23. The van der Waals surface area contributed by atoms with E-state index in [0.717, 1.165) is 41.9 Å². The van der Waals surface area contributed by atoms with Gasteiger partial charge in [-0.1, -0.05) is 0 Å². The average molecular weight is 322 g/mol. The Kier molecular flexibility index (Phi) is 3.60. The summed E-state index contributed by atoms with van der Waals surface area (Å²) in [6.45, 7) is 2.04. The molecule has 122 valence electrons. The first kappa shape index (κ1) is 14.6. The van der Waals surface area contributed by atoms with E-state index in [1.54, 1.807) is 18.5 Å². The Morgan fingerprint density at radius 1 is 1.25 bits per heavy atom. The van der Waals surface area contributed by atoms with E-state index >= 15 is 0 Å². The Hall–Kier alpha value is -2.96. The summed E-state index contributed by atoms with van der Waals surface area (Å²) in [6.07, 6.45) is 6.03. The van der Waals surface area contributed by atoms with Crippen LogP contribution in [0, 0.1) is 6.92 Å². The number of carbonyl (C=O) groups is 1. The molecule has 0 aliphatic heterocycles. The first-order valence-electron chi connectivity index (χ1n) is 8.00. The molecule has 0 spiro atoms. The van der Waals surface area contributed by atoms with Crippen molar-refractivity contribution in [2.75, 3.05) is 0 Å². The molecule has 24 heavy (non-hydrogen) atoms. The normalized spacial score (nSPS) is 16.6. The lowest BCUT2D eigenvalue weighted by atomic mass is 9.92. The molecule has 0 bridgehead atoms. The van der Waals surface area contributed by atoms with Crippen molar-refractivity contribution in [1.29, 1.82) is 0 Å². The topological polar surface area (TPSA) is 99.3 Å². The molecule has 3 N–H and O–H groups in total. The molecule has 7 nitrogen and oxygen atoms in total. The van der Waals surface area contributed by atoms with Crippen LogP contribution in [0.4, 0.5) is 0 Å². The Balaban J connectivity index is 1.45. The number of aryl methyl sites for hydroxylation is 1. The van der Waals surface area contributed by atoms with Gasteiger partial charge in [-0.25, -0.2) is 0 Å². The molecule has 0 radical (unpaired) electrons. The second-order valence-corrected chi connectivity index (χ2v) is 6.09. The Bertz CT molecular complexity index is 866.